The van der Waals surface area contributed by atoms with Crippen LogP contribution in [0.1, 0.15) is 10.4 Å². The van der Waals surface area contributed by atoms with Crippen LogP contribution < -0.4 is 20.7 Å². The van der Waals surface area contributed by atoms with Crippen molar-refractivity contribution in [2.24, 2.45) is 0 Å². The first-order chi connectivity index (χ1) is 15.1. The van der Waals surface area contributed by atoms with Gasteiger partial charge in [0.1, 0.15) is 12.1 Å². The van der Waals surface area contributed by atoms with Crippen molar-refractivity contribution in [2.75, 3.05) is 41.4 Å². The molecule has 0 spiro atoms. The van der Waals surface area contributed by atoms with Crippen molar-refractivity contribution in [1.29, 1.82) is 0 Å². The monoisotopic (exact) mass is 420 g/mol. The summed E-state index contributed by atoms with van der Waals surface area (Å²) in [6.45, 7) is 2.35. The SMILES string of the molecule is O=C(NNc1ncnc(N2CCN(c3ccccn3)CC2)c1[N+](=O)[O-])c1ccccc1. The Labute approximate surface area is 177 Å². The van der Waals surface area contributed by atoms with Gasteiger partial charge in [0.15, 0.2) is 0 Å². The van der Waals surface area contributed by atoms with E-state index in [9.17, 15) is 14.9 Å². The summed E-state index contributed by atoms with van der Waals surface area (Å²) >= 11 is 0. The molecule has 1 saturated heterocycles. The summed E-state index contributed by atoms with van der Waals surface area (Å²) in [5.74, 6) is 0.563. The van der Waals surface area contributed by atoms with Crippen molar-refractivity contribution in [3.8, 4) is 0 Å². The fourth-order valence-corrected chi connectivity index (χ4v) is 3.33. The molecule has 2 aromatic heterocycles. The van der Waals surface area contributed by atoms with Crippen molar-refractivity contribution in [3.05, 3.63) is 76.7 Å². The van der Waals surface area contributed by atoms with Crippen LogP contribution in [0.4, 0.5) is 23.1 Å². The zero-order valence-electron chi connectivity index (χ0n) is 16.5. The van der Waals surface area contributed by atoms with Crippen molar-refractivity contribution in [2.45, 2.75) is 0 Å². The van der Waals surface area contributed by atoms with Crippen molar-refractivity contribution in [3.63, 3.8) is 0 Å². The minimum atomic E-state index is -0.544. The van der Waals surface area contributed by atoms with Crippen LogP contribution in [0.25, 0.3) is 0 Å². The Hall–Kier alpha value is -4.28. The number of nitrogens with one attached hydrogen (secondary N) is 2. The van der Waals surface area contributed by atoms with Crippen molar-refractivity contribution >= 4 is 29.0 Å². The Bertz CT molecular complexity index is 1060. The van der Waals surface area contributed by atoms with E-state index < -0.39 is 10.8 Å². The fraction of sp³-hybridized carbons (Fsp3) is 0.200. The highest BCUT2D eigenvalue weighted by Crippen LogP contribution is 2.32. The van der Waals surface area contributed by atoms with E-state index in [4.69, 9.17) is 0 Å². The molecule has 0 aliphatic carbocycles. The quantitative estimate of drug-likeness (QED) is 0.453. The molecule has 4 rings (SSSR count). The molecule has 0 bridgehead atoms. The Kier molecular flexibility index (Phi) is 5.83. The predicted molar refractivity (Wildman–Crippen MR) is 115 cm³/mol. The standard InChI is InChI=1S/C20H20N8O3/c29-20(15-6-2-1-3-7-15)25-24-18-17(28(30)31)19(23-14-22-18)27-12-10-26(11-13-27)16-8-4-5-9-21-16/h1-9,14H,10-13H2,(H,25,29)(H,22,23,24). The Balaban J connectivity index is 1.49. The van der Waals surface area contributed by atoms with Gasteiger partial charge in [-0.3, -0.25) is 25.8 Å². The lowest BCUT2D eigenvalue weighted by atomic mass is 10.2. The molecule has 158 valence electrons. The molecule has 1 fully saturated rings. The normalized spacial score (nSPS) is 13.5. The van der Waals surface area contributed by atoms with Crippen molar-refractivity contribution in [1.82, 2.24) is 20.4 Å². The maximum atomic E-state index is 12.2. The van der Waals surface area contributed by atoms with E-state index in [0.29, 0.717) is 31.7 Å². The van der Waals surface area contributed by atoms with Gasteiger partial charge >= 0.3 is 5.69 Å². The molecular formula is C20H20N8O3. The van der Waals surface area contributed by atoms with Gasteiger partial charge in [-0.1, -0.05) is 24.3 Å². The first-order valence-electron chi connectivity index (χ1n) is 9.65. The number of hydrogen-bond acceptors (Lipinski definition) is 9. The first-order valence-corrected chi connectivity index (χ1v) is 9.65. The van der Waals surface area contributed by atoms with E-state index in [1.807, 2.05) is 23.1 Å². The van der Waals surface area contributed by atoms with Gasteiger partial charge in [0.2, 0.25) is 11.6 Å². The number of aromatic nitrogens is 3. The third-order valence-electron chi connectivity index (χ3n) is 4.87. The van der Waals surface area contributed by atoms with Gasteiger partial charge < -0.3 is 9.80 Å². The maximum Gasteiger partial charge on any atom is 0.355 e. The second-order valence-electron chi connectivity index (χ2n) is 6.76. The lowest BCUT2D eigenvalue weighted by Crippen LogP contribution is -2.47. The first kappa shape index (κ1) is 20.0. The molecule has 1 aliphatic rings. The molecule has 1 aliphatic heterocycles. The van der Waals surface area contributed by atoms with Crippen LogP contribution in [-0.2, 0) is 0 Å². The van der Waals surface area contributed by atoms with Crippen LogP contribution in [0, 0.1) is 10.1 Å². The number of amides is 1. The Morgan fingerprint density at radius 3 is 2.32 bits per heavy atom. The number of pyridine rings is 1. The van der Waals surface area contributed by atoms with Gasteiger partial charge in [-0.05, 0) is 24.3 Å². The molecule has 2 N–H and O–H groups in total. The van der Waals surface area contributed by atoms with Gasteiger partial charge in [0, 0.05) is 37.9 Å². The Morgan fingerprint density at radius 1 is 0.935 bits per heavy atom. The third kappa shape index (κ3) is 4.50. The molecule has 3 aromatic rings. The highest BCUT2D eigenvalue weighted by atomic mass is 16.6. The molecular weight excluding hydrogens is 400 g/mol. The molecule has 31 heavy (non-hydrogen) atoms. The van der Waals surface area contributed by atoms with Crippen LogP contribution in [0.2, 0.25) is 0 Å². The van der Waals surface area contributed by atoms with E-state index in [1.54, 1.807) is 36.5 Å². The van der Waals surface area contributed by atoms with E-state index in [1.165, 1.54) is 6.33 Å². The largest absolute Gasteiger partial charge is 0.355 e. The molecule has 3 heterocycles. The predicted octanol–water partition coefficient (Wildman–Crippen LogP) is 1.86. The summed E-state index contributed by atoms with van der Waals surface area (Å²) in [6.07, 6.45) is 2.98. The minimum absolute atomic E-state index is 0.0774. The fourth-order valence-electron chi connectivity index (χ4n) is 3.33. The number of hydrogen-bond donors (Lipinski definition) is 2. The van der Waals surface area contributed by atoms with Gasteiger partial charge in [0.05, 0.1) is 4.92 Å². The van der Waals surface area contributed by atoms with Gasteiger partial charge in [-0.2, -0.15) is 0 Å². The van der Waals surface area contributed by atoms with Gasteiger partial charge in [-0.25, -0.2) is 15.0 Å². The van der Waals surface area contributed by atoms with Crippen LogP contribution in [0.5, 0.6) is 0 Å². The van der Waals surface area contributed by atoms with Crippen LogP contribution in [-0.4, -0.2) is 52.0 Å². The molecule has 0 radical (unpaired) electrons. The summed E-state index contributed by atoms with van der Waals surface area (Å²) < 4.78 is 0. The maximum absolute atomic E-state index is 12.2. The van der Waals surface area contributed by atoms with Crippen molar-refractivity contribution < 1.29 is 9.72 Å². The molecule has 1 aromatic carbocycles. The molecule has 0 saturated carbocycles. The van der Waals surface area contributed by atoms with Crippen LogP contribution in [0.3, 0.4) is 0 Å². The summed E-state index contributed by atoms with van der Waals surface area (Å²) in [6, 6.07) is 14.2. The lowest BCUT2D eigenvalue weighted by molar-refractivity contribution is -0.383. The summed E-state index contributed by atoms with van der Waals surface area (Å²) in [4.78, 5) is 39.9. The molecule has 0 unspecified atom stereocenters. The third-order valence-corrected chi connectivity index (χ3v) is 4.87. The number of benzene rings is 1. The van der Waals surface area contributed by atoms with E-state index in [-0.39, 0.29) is 17.3 Å². The number of piperazine rings is 1. The number of carbonyl (C=O) groups excluding carboxylic acids is 1. The summed E-state index contributed by atoms with van der Waals surface area (Å²) in [5, 5.41) is 11.8. The molecule has 0 atom stereocenters. The van der Waals surface area contributed by atoms with Crippen LogP contribution >= 0.6 is 0 Å². The second-order valence-corrected chi connectivity index (χ2v) is 6.76. The van der Waals surface area contributed by atoms with E-state index >= 15 is 0 Å². The highest BCUT2D eigenvalue weighted by molar-refractivity contribution is 5.95. The van der Waals surface area contributed by atoms with Crippen LogP contribution in [0.15, 0.2) is 61.1 Å². The highest BCUT2D eigenvalue weighted by Gasteiger charge is 2.29. The smallest absolute Gasteiger partial charge is 0.353 e. The molecule has 1 amide bonds. The second kappa shape index (κ2) is 9.03. The molecule has 11 heteroatoms. The zero-order chi connectivity index (χ0) is 21.6. The summed E-state index contributed by atoms with van der Waals surface area (Å²) in [7, 11) is 0. The summed E-state index contributed by atoms with van der Waals surface area (Å²) in [5.41, 5.74) is 5.14. The zero-order valence-corrected chi connectivity index (χ0v) is 16.5. The minimum Gasteiger partial charge on any atom is -0.353 e. The van der Waals surface area contributed by atoms with E-state index in [0.717, 1.165) is 5.82 Å². The number of nitro groups is 1. The number of carbonyl (C=O) groups is 1. The number of anilines is 3. The number of nitrogens with zero attached hydrogens (tertiary/aromatic N) is 6. The van der Waals surface area contributed by atoms with Gasteiger partial charge in [-0.15, -0.1) is 0 Å². The lowest BCUT2D eigenvalue weighted by Gasteiger charge is -2.35. The molecule has 11 nitrogen and oxygen atoms in total. The average Bonchev–Trinajstić information content (AvgIpc) is 2.83. The Morgan fingerprint density at radius 2 is 1.65 bits per heavy atom. The number of hydrazine groups is 1. The van der Waals surface area contributed by atoms with E-state index in [2.05, 4.69) is 30.7 Å². The average molecular weight is 420 g/mol. The van der Waals surface area contributed by atoms with Gasteiger partial charge in [0.25, 0.3) is 5.91 Å². The topological polar surface area (TPSA) is 129 Å². The number of rotatable bonds is 6.